The first-order chi connectivity index (χ1) is 8.40. The van der Waals surface area contributed by atoms with Crippen LogP contribution in [0.15, 0.2) is 28.7 Å². The molecular formula is C12H14BrNO4. The molecule has 18 heavy (non-hydrogen) atoms. The number of carboxylic acid groups (broad SMARTS) is 1. The predicted molar refractivity (Wildman–Crippen MR) is 69.5 cm³/mol. The van der Waals surface area contributed by atoms with Crippen molar-refractivity contribution in [2.24, 2.45) is 0 Å². The highest BCUT2D eigenvalue weighted by molar-refractivity contribution is 9.10. The molecule has 1 amide bonds. The van der Waals surface area contributed by atoms with Crippen LogP contribution in [0.2, 0.25) is 0 Å². The number of hydrogen-bond donors (Lipinski definition) is 2. The fraction of sp³-hybridized carbons (Fsp3) is 0.333. The van der Waals surface area contributed by atoms with Crippen LogP contribution < -0.4 is 10.1 Å². The monoisotopic (exact) mass is 315 g/mol. The molecule has 1 aromatic rings. The second kappa shape index (κ2) is 6.39. The quantitative estimate of drug-likeness (QED) is 0.869. The first-order valence-corrected chi connectivity index (χ1v) is 6.15. The van der Waals surface area contributed by atoms with Gasteiger partial charge in [0.15, 0.2) is 6.10 Å². The summed E-state index contributed by atoms with van der Waals surface area (Å²) < 4.78 is 6.29. The van der Waals surface area contributed by atoms with Crippen LogP contribution in [0.5, 0.6) is 5.75 Å². The number of halogens is 1. The Morgan fingerprint density at radius 1 is 1.28 bits per heavy atom. The standard InChI is InChI=1S/C12H14BrNO4/c1-7(12(16)17)14-11(15)8(2)18-10-5-3-9(13)4-6-10/h3-8H,1-2H3,(H,14,15)(H,16,17). The minimum Gasteiger partial charge on any atom is -0.481 e. The molecule has 0 spiro atoms. The lowest BCUT2D eigenvalue weighted by atomic mass is 10.3. The molecule has 1 rings (SSSR count). The second-order valence-electron chi connectivity index (χ2n) is 3.78. The van der Waals surface area contributed by atoms with Gasteiger partial charge in [0.1, 0.15) is 11.8 Å². The number of carbonyl (C=O) groups excluding carboxylic acids is 1. The minimum atomic E-state index is -1.08. The van der Waals surface area contributed by atoms with Crippen molar-refractivity contribution < 1.29 is 19.4 Å². The van der Waals surface area contributed by atoms with E-state index >= 15 is 0 Å². The van der Waals surface area contributed by atoms with Crippen molar-refractivity contribution in [3.05, 3.63) is 28.7 Å². The molecule has 0 bridgehead atoms. The zero-order chi connectivity index (χ0) is 13.7. The van der Waals surface area contributed by atoms with E-state index in [1.165, 1.54) is 6.92 Å². The van der Waals surface area contributed by atoms with Gasteiger partial charge in [-0.1, -0.05) is 15.9 Å². The number of carbonyl (C=O) groups is 2. The molecular weight excluding hydrogens is 302 g/mol. The number of ether oxygens (including phenoxy) is 1. The van der Waals surface area contributed by atoms with Crippen molar-refractivity contribution >= 4 is 27.8 Å². The van der Waals surface area contributed by atoms with Gasteiger partial charge in [0.25, 0.3) is 5.91 Å². The summed E-state index contributed by atoms with van der Waals surface area (Å²) in [5, 5.41) is 11.0. The Kier molecular flexibility index (Phi) is 5.15. The fourth-order valence-corrected chi connectivity index (χ4v) is 1.43. The topological polar surface area (TPSA) is 75.6 Å². The molecule has 0 aliphatic heterocycles. The van der Waals surface area contributed by atoms with E-state index in [1.54, 1.807) is 31.2 Å². The summed E-state index contributed by atoms with van der Waals surface area (Å²) in [4.78, 5) is 22.2. The van der Waals surface area contributed by atoms with E-state index < -0.39 is 24.0 Å². The molecule has 0 heterocycles. The maximum absolute atomic E-state index is 11.6. The van der Waals surface area contributed by atoms with Gasteiger partial charge in [-0.2, -0.15) is 0 Å². The maximum Gasteiger partial charge on any atom is 0.325 e. The molecule has 2 N–H and O–H groups in total. The zero-order valence-electron chi connectivity index (χ0n) is 10.0. The molecule has 2 atom stereocenters. The number of amides is 1. The molecule has 0 saturated carbocycles. The SMILES string of the molecule is CC(NC(=O)C(C)Oc1ccc(Br)cc1)C(=O)O. The Morgan fingerprint density at radius 2 is 1.83 bits per heavy atom. The first-order valence-electron chi connectivity index (χ1n) is 5.35. The Bertz CT molecular complexity index is 432. The van der Waals surface area contributed by atoms with Gasteiger partial charge in [-0.15, -0.1) is 0 Å². The number of hydrogen-bond acceptors (Lipinski definition) is 3. The summed E-state index contributed by atoms with van der Waals surface area (Å²) in [6, 6.07) is 6.08. The molecule has 0 aliphatic carbocycles. The van der Waals surface area contributed by atoms with E-state index in [0.717, 1.165) is 4.47 Å². The summed E-state index contributed by atoms with van der Waals surface area (Å²) in [6.45, 7) is 2.96. The summed E-state index contributed by atoms with van der Waals surface area (Å²) in [5.74, 6) is -1.00. The van der Waals surface area contributed by atoms with Gasteiger partial charge in [-0.25, -0.2) is 0 Å². The van der Waals surface area contributed by atoms with Gasteiger partial charge < -0.3 is 15.2 Å². The van der Waals surface area contributed by atoms with Crippen molar-refractivity contribution in [3.63, 3.8) is 0 Å². The van der Waals surface area contributed by atoms with Crippen molar-refractivity contribution in [2.45, 2.75) is 26.0 Å². The van der Waals surface area contributed by atoms with E-state index in [2.05, 4.69) is 21.2 Å². The third-order valence-corrected chi connectivity index (χ3v) is 2.75. The lowest BCUT2D eigenvalue weighted by Gasteiger charge is -2.16. The Hall–Kier alpha value is -1.56. The normalized spacial score (nSPS) is 13.5. The number of rotatable bonds is 5. The van der Waals surface area contributed by atoms with Gasteiger partial charge >= 0.3 is 5.97 Å². The molecule has 0 fully saturated rings. The molecule has 2 unspecified atom stereocenters. The van der Waals surface area contributed by atoms with E-state index in [-0.39, 0.29) is 0 Å². The van der Waals surface area contributed by atoms with Crippen LogP contribution >= 0.6 is 15.9 Å². The maximum atomic E-state index is 11.6. The van der Waals surface area contributed by atoms with Crippen LogP contribution in [0.25, 0.3) is 0 Å². The smallest absolute Gasteiger partial charge is 0.325 e. The Labute approximate surface area is 113 Å². The Balaban J connectivity index is 2.54. The lowest BCUT2D eigenvalue weighted by molar-refractivity contribution is -0.142. The largest absolute Gasteiger partial charge is 0.481 e. The summed E-state index contributed by atoms with van der Waals surface area (Å²) in [7, 11) is 0. The molecule has 1 aromatic carbocycles. The van der Waals surface area contributed by atoms with E-state index in [1.807, 2.05) is 0 Å². The molecule has 6 heteroatoms. The van der Waals surface area contributed by atoms with Gasteiger partial charge in [-0.05, 0) is 38.1 Å². The highest BCUT2D eigenvalue weighted by Crippen LogP contribution is 2.17. The summed E-state index contributed by atoms with van der Waals surface area (Å²) in [5.41, 5.74) is 0. The number of aliphatic carboxylic acids is 1. The van der Waals surface area contributed by atoms with Crippen molar-refractivity contribution in [1.82, 2.24) is 5.32 Å². The van der Waals surface area contributed by atoms with Crippen molar-refractivity contribution in [2.75, 3.05) is 0 Å². The molecule has 0 aliphatic rings. The minimum absolute atomic E-state index is 0.465. The summed E-state index contributed by atoms with van der Waals surface area (Å²) >= 11 is 3.29. The van der Waals surface area contributed by atoms with Crippen molar-refractivity contribution in [1.29, 1.82) is 0 Å². The lowest BCUT2D eigenvalue weighted by Crippen LogP contribution is -2.44. The van der Waals surface area contributed by atoms with Gasteiger partial charge in [-0.3, -0.25) is 9.59 Å². The van der Waals surface area contributed by atoms with Gasteiger partial charge in [0.2, 0.25) is 0 Å². The highest BCUT2D eigenvalue weighted by Gasteiger charge is 2.20. The van der Waals surface area contributed by atoms with E-state index in [4.69, 9.17) is 9.84 Å². The molecule has 0 radical (unpaired) electrons. The van der Waals surface area contributed by atoms with Crippen molar-refractivity contribution in [3.8, 4) is 5.75 Å². The van der Waals surface area contributed by atoms with Crippen LogP contribution in [0.3, 0.4) is 0 Å². The van der Waals surface area contributed by atoms with Crippen LogP contribution in [-0.2, 0) is 9.59 Å². The molecule has 5 nitrogen and oxygen atoms in total. The Morgan fingerprint density at radius 3 is 2.33 bits per heavy atom. The predicted octanol–water partition coefficient (Wildman–Crippen LogP) is 1.81. The fourth-order valence-electron chi connectivity index (χ4n) is 1.16. The zero-order valence-corrected chi connectivity index (χ0v) is 11.6. The van der Waals surface area contributed by atoms with Crippen LogP contribution in [0, 0.1) is 0 Å². The van der Waals surface area contributed by atoms with E-state index in [0.29, 0.717) is 5.75 Å². The second-order valence-corrected chi connectivity index (χ2v) is 4.70. The highest BCUT2D eigenvalue weighted by atomic mass is 79.9. The average Bonchev–Trinajstić information content (AvgIpc) is 2.31. The summed E-state index contributed by atoms with van der Waals surface area (Å²) in [6.07, 6.45) is -0.757. The third-order valence-electron chi connectivity index (χ3n) is 2.22. The van der Waals surface area contributed by atoms with Crippen LogP contribution in [0.1, 0.15) is 13.8 Å². The first kappa shape index (κ1) is 14.5. The van der Waals surface area contributed by atoms with Gasteiger partial charge in [0, 0.05) is 4.47 Å². The van der Waals surface area contributed by atoms with Gasteiger partial charge in [0.05, 0.1) is 0 Å². The molecule has 98 valence electrons. The van der Waals surface area contributed by atoms with E-state index in [9.17, 15) is 9.59 Å². The van der Waals surface area contributed by atoms with Crippen LogP contribution in [-0.4, -0.2) is 29.1 Å². The average molecular weight is 316 g/mol. The third kappa shape index (κ3) is 4.37. The van der Waals surface area contributed by atoms with Crippen LogP contribution in [0.4, 0.5) is 0 Å². The number of benzene rings is 1. The number of carboxylic acids is 1. The molecule has 0 aromatic heterocycles. The molecule has 0 saturated heterocycles. The number of nitrogens with one attached hydrogen (secondary N) is 1.